The summed E-state index contributed by atoms with van der Waals surface area (Å²) in [5, 5.41) is 8.93. The van der Waals surface area contributed by atoms with Gasteiger partial charge in [0.15, 0.2) is 0 Å². The number of carbonyl (C=O) groups excluding carboxylic acids is 1. The minimum absolute atomic E-state index is 0.0981. The topological polar surface area (TPSA) is 104 Å². The summed E-state index contributed by atoms with van der Waals surface area (Å²) in [4.78, 5) is 25.4. The molecule has 3 rings (SSSR count). The highest BCUT2D eigenvalue weighted by atomic mass is 32.2. The van der Waals surface area contributed by atoms with Crippen molar-refractivity contribution in [3.63, 3.8) is 0 Å². The van der Waals surface area contributed by atoms with Gasteiger partial charge in [0.1, 0.15) is 6.54 Å². The Labute approximate surface area is 158 Å². The largest absolute Gasteiger partial charge is 0.480 e. The number of carboxylic acid groups (broad SMARTS) is 1. The molecule has 9 heteroatoms. The molecule has 0 spiro atoms. The number of carbonyl (C=O) groups is 2. The van der Waals surface area contributed by atoms with E-state index in [0.29, 0.717) is 12.1 Å². The van der Waals surface area contributed by atoms with E-state index in [-0.39, 0.29) is 25.6 Å². The standard InChI is InChI=1S/C18H24N2O6S/c1-27(24,25)20(12-17(21)22)11-16-10-19(7-8-26-16)18(23)15-6-5-13-3-2-4-14(13)9-15/h5-6,9,16H,2-4,7-8,10-12H2,1H3,(H,21,22)/t16-/m1/s1. The van der Waals surface area contributed by atoms with E-state index in [1.165, 1.54) is 11.1 Å². The lowest BCUT2D eigenvalue weighted by Gasteiger charge is -2.35. The maximum Gasteiger partial charge on any atom is 0.318 e. The molecular formula is C18H24N2O6S. The Balaban J connectivity index is 1.68. The number of nitrogens with zero attached hydrogens (tertiary/aromatic N) is 2. The molecule has 1 amide bonds. The molecule has 1 aliphatic carbocycles. The maximum atomic E-state index is 12.8. The first-order valence-corrected chi connectivity index (χ1v) is 10.8. The highest BCUT2D eigenvalue weighted by Crippen LogP contribution is 2.24. The van der Waals surface area contributed by atoms with E-state index in [2.05, 4.69) is 0 Å². The minimum Gasteiger partial charge on any atom is -0.480 e. The molecule has 8 nitrogen and oxygen atoms in total. The Hall–Kier alpha value is -1.97. The molecule has 0 radical (unpaired) electrons. The number of rotatable bonds is 6. The Morgan fingerprint density at radius 1 is 1.30 bits per heavy atom. The lowest BCUT2D eigenvalue weighted by molar-refractivity contribution is -0.137. The number of amides is 1. The van der Waals surface area contributed by atoms with Crippen LogP contribution in [0, 0.1) is 0 Å². The summed E-state index contributed by atoms with van der Waals surface area (Å²) in [5.41, 5.74) is 3.14. The molecule has 148 valence electrons. The van der Waals surface area contributed by atoms with Crippen LogP contribution in [-0.2, 0) is 32.4 Å². The number of sulfonamides is 1. The SMILES string of the molecule is CS(=O)(=O)N(CC(=O)O)C[C@H]1CN(C(=O)c2ccc3c(c2)CCC3)CCO1. The van der Waals surface area contributed by atoms with Crippen molar-refractivity contribution in [2.45, 2.75) is 25.4 Å². The number of morpholine rings is 1. The Kier molecular flexibility index (Phi) is 5.83. The molecule has 1 atom stereocenters. The van der Waals surface area contributed by atoms with Gasteiger partial charge in [0, 0.05) is 25.2 Å². The number of carboxylic acids is 1. The molecule has 1 saturated heterocycles. The minimum atomic E-state index is -3.69. The van der Waals surface area contributed by atoms with Crippen LogP contribution in [0.2, 0.25) is 0 Å². The average molecular weight is 396 g/mol. The molecule has 27 heavy (non-hydrogen) atoms. The first kappa shape index (κ1) is 19.8. The third-order valence-corrected chi connectivity index (χ3v) is 6.18. The van der Waals surface area contributed by atoms with E-state index in [4.69, 9.17) is 9.84 Å². The van der Waals surface area contributed by atoms with E-state index >= 15 is 0 Å². The van der Waals surface area contributed by atoms with Gasteiger partial charge in [0.2, 0.25) is 10.0 Å². The zero-order chi connectivity index (χ0) is 19.6. The zero-order valence-corrected chi connectivity index (χ0v) is 16.1. The van der Waals surface area contributed by atoms with Crippen LogP contribution in [0.25, 0.3) is 0 Å². The number of aliphatic carboxylic acids is 1. The molecule has 0 unspecified atom stereocenters. The van der Waals surface area contributed by atoms with Crippen molar-refractivity contribution in [1.29, 1.82) is 0 Å². The van der Waals surface area contributed by atoms with Crippen LogP contribution in [0.15, 0.2) is 18.2 Å². The first-order valence-electron chi connectivity index (χ1n) is 8.93. The van der Waals surface area contributed by atoms with E-state index in [9.17, 15) is 18.0 Å². The molecule has 2 aliphatic rings. The van der Waals surface area contributed by atoms with E-state index < -0.39 is 28.6 Å². The van der Waals surface area contributed by atoms with Crippen molar-refractivity contribution < 1.29 is 27.9 Å². The van der Waals surface area contributed by atoms with Crippen molar-refractivity contribution in [3.05, 3.63) is 34.9 Å². The lowest BCUT2D eigenvalue weighted by atomic mass is 10.1. The summed E-state index contributed by atoms with van der Waals surface area (Å²) < 4.78 is 30.1. The highest BCUT2D eigenvalue weighted by molar-refractivity contribution is 7.88. The molecule has 1 aliphatic heterocycles. The van der Waals surface area contributed by atoms with E-state index in [1.807, 2.05) is 18.2 Å². The number of aryl methyl sites for hydroxylation is 2. The fourth-order valence-electron chi connectivity index (χ4n) is 3.60. The smallest absolute Gasteiger partial charge is 0.318 e. The summed E-state index contributed by atoms with van der Waals surface area (Å²) >= 11 is 0. The lowest BCUT2D eigenvalue weighted by Crippen LogP contribution is -2.51. The average Bonchev–Trinajstić information content (AvgIpc) is 3.07. The molecule has 1 aromatic rings. The monoisotopic (exact) mass is 396 g/mol. The highest BCUT2D eigenvalue weighted by Gasteiger charge is 2.30. The van der Waals surface area contributed by atoms with Crippen molar-refractivity contribution >= 4 is 21.9 Å². The molecule has 1 fully saturated rings. The van der Waals surface area contributed by atoms with Crippen LogP contribution in [0.1, 0.15) is 27.9 Å². The van der Waals surface area contributed by atoms with Crippen LogP contribution < -0.4 is 0 Å². The molecule has 1 N–H and O–H groups in total. The van der Waals surface area contributed by atoms with Gasteiger partial charge < -0.3 is 14.7 Å². The Morgan fingerprint density at radius 3 is 2.74 bits per heavy atom. The fourth-order valence-corrected chi connectivity index (χ4v) is 4.38. The van der Waals surface area contributed by atoms with Gasteiger partial charge in [0.05, 0.1) is 19.0 Å². The van der Waals surface area contributed by atoms with Gasteiger partial charge in [-0.05, 0) is 42.5 Å². The summed E-state index contributed by atoms with van der Waals surface area (Å²) in [5.74, 6) is -1.34. The third-order valence-electron chi connectivity index (χ3n) is 4.96. The molecule has 0 bridgehead atoms. The molecule has 0 aromatic heterocycles. The zero-order valence-electron chi connectivity index (χ0n) is 15.3. The van der Waals surface area contributed by atoms with Crippen LogP contribution in [0.3, 0.4) is 0 Å². The van der Waals surface area contributed by atoms with Crippen molar-refractivity contribution in [3.8, 4) is 0 Å². The van der Waals surface area contributed by atoms with Gasteiger partial charge in [0.25, 0.3) is 5.91 Å². The van der Waals surface area contributed by atoms with Gasteiger partial charge in [-0.25, -0.2) is 8.42 Å². The van der Waals surface area contributed by atoms with Gasteiger partial charge in [-0.3, -0.25) is 9.59 Å². The van der Waals surface area contributed by atoms with Crippen molar-refractivity contribution in [2.24, 2.45) is 0 Å². The van der Waals surface area contributed by atoms with Crippen LogP contribution in [0.4, 0.5) is 0 Å². The summed E-state index contributed by atoms with van der Waals surface area (Å²) in [6.07, 6.45) is 3.55. The second-order valence-electron chi connectivity index (χ2n) is 7.03. The molecule has 1 aromatic carbocycles. The van der Waals surface area contributed by atoms with E-state index in [0.717, 1.165) is 29.8 Å². The predicted molar refractivity (Wildman–Crippen MR) is 98.2 cm³/mol. The summed E-state index contributed by atoms with van der Waals surface area (Å²) in [7, 11) is -3.69. The number of benzene rings is 1. The number of ether oxygens (including phenoxy) is 1. The van der Waals surface area contributed by atoms with Crippen LogP contribution in [0.5, 0.6) is 0 Å². The van der Waals surface area contributed by atoms with Gasteiger partial charge in [-0.1, -0.05) is 6.07 Å². The quantitative estimate of drug-likeness (QED) is 0.745. The Bertz CT molecular complexity index is 838. The fraction of sp³-hybridized carbons (Fsp3) is 0.556. The molecule has 1 heterocycles. The number of fused-ring (bicyclic) bond motifs is 1. The van der Waals surface area contributed by atoms with Gasteiger partial charge in [-0.2, -0.15) is 4.31 Å². The summed E-state index contributed by atoms with van der Waals surface area (Å²) in [6.45, 7) is 0.203. The van der Waals surface area contributed by atoms with Crippen LogP contribution in [-0.4, -0.2) is 79.8 Å². The van der Waals surface area contributed by atoms with Crippen LogP contribution >= 0.6 is 0 Å². The van der Waals surface area contributed by atoms with Crippen molar-refractivity contribution in [1.82, 2.24) is 9.21 Å². The number of hydrogen-bond acceptors (Lipinski definition) is 5. The third kappa shape index (κ3) is 4.85. The predicted octanol–water partition coefficient (Wildman–Crippen LogP) is 0.363. The molecule has 0 saturated carbocycles. The second-order valence-corrected chi connectivity index (χ2v) is 9.01. The van der Waals surface area contributed by atoms with Crippen molar-refractivity contribution in [2.75, 3.05) is 39.0 Å². The Morgan fingerprint density at radius 2 is 2.04 bits per heavy atom. The van der Waals surface area contributed by atoms with Gasteiger partial charge >= 0.3 is 5.97 Å². The maximum absolute atomic E-state index is 12.8. The first-order chi connectivity index (χ1) is 12.7. The second kappa shape index (κ2) is 7.95. The van der Waals surface area contributed by atoms with Gasteiger partial charge in [-0.15, -0.1) is 0 Å². The number of hydrogen-bond donors (Lipinski definition) is 1. The van der Waals surface area contributed by atoms with E-state index in [1.54, 1.807) is 4.90 Å². The summed E-state index contributed by atoms with van der Waals surface area (Å²) in [6, 6.07) is 5.79. The normalized spacial score (nSPS) is 19.9. The molecular weight excluding hydrogens is 372 g/mol.